The summed E-state index contributed by atoms with van der Waals surface area (Å²) in [4.78, 5) is 27.4. The van der Waals surface area contributed by atoms with Crippen LogP contribution in [0.25, 0.3) is 0 Å². The summed E-state index contributed by atoms with van der Waals surface area (Å²) in [5, 5.41) is 2.87. The smallest absolute Gasteiger partial charge is 0.259 e. The molecule has 1 atom stereocenters. The fourth-order valence-electron chi connectivity index (χ4n) is 3.66. The van der Waals surface area contributed by atoms with E-state index in [4.69, 9.17) is 11.6 Å². The Morgan fingerprint density at radius 3 is 2.59 bits per heavy atom. The van der Waals surface area contributed by atoms with E-state index in [1.165, 1.54) is 23.1 Å². The van der Waals surface area contributed by atoms with E-state index in [0.29, 0.717) is 5.69 Å². The molecule has 146 valence electrons. The molecule has 1 heterocycles. The second kappa shape index (κ2) is 7.68. The third-order valence-electron chi connectivity index (χ3n) is 4.95. The number of aryl methyl sites for hydroxylation is 1. The molecule has 0 saturated carbocycles. The van der Waals surface area contributed by atoms with Gasteiger partial charge in [0.2, 0.25) is 5.91 Å². The lowest BCUT2D eigenvalue weighted by atomic mass is 9.94. The SMILES string of the molecule is Cc1ccc2c(c1)[C@H](c1ccccc1)N(C(=O)c1c(F)cccc1Cl)CC(=O)N2. The molecule has 1 aliphatic heterocycles. The summed E-state index contributed by atoms with van der Waals surface area (Å²) < 4.78 is 14.5. The minimum absolute atomic E-state index is 0.0101. The van der Waals surface area contributed by atoms with Crippen LogP contribution in [0.5, 0.6) is 0 Å². The largest absolute Gasteiger partial charge is 0.324 e. The van der Waals surface area contributed by atoms with Gasteiger partial charge in [-0.25, -0.2) is 4.39 Å². The second-order valence-electron chi connectivity index (χ2n) is 6.98. The number of hydrogen-bond acceptors (Lipinski definition) is 2. The van der Waals surface area contributed by atoms with E-state index in [0.717, 1.165) is 16.7 Å². The molecule has 0 spiro atoms. The van der Waals surface area contributed by atoms with Crippen LogP contribution in [0.2, 0.25) is 5.02 Å². The van der Waals surface area contributed by atoms with Crippen molar-refractivity contribution >= 4 is 29.1 Å². The van der Waals surface area contributed by atoms with Crippen LogP contribution in [0.1, 0.15) is 33.1 Å². The highest BCUT2D eigenvalue weighted by Gasteiger charge is 2.35. The third-order valence-corrected chi connectivity index (χ3v) is 5.27. The Bertz CT molecular complexity index is 1080. The number of fused-ring (bicyclic) bond motifs is 1. The highest BCUT2D eigenvalue weighted by Crippen LogP contribution is 2.37. The van der Waals surface area contributed by atoms with Crippen molar-refractivity contribution in [2.75, 3.05) is 11.9 Å². The predicted molar refractivity (Wildman–Crippen MR) is 111 cm³/mol. The Morgan fingerprint density at radius 1 is 1.10 bits per heavy atom. The van der Waals surface area contributed by atoms with E-state index in [1.807, 2.05) is 55.5 Å². The van der Waals surface area contributed by atoms with Crippen LogP contribution in [0.4, 0.5) is 10.1 Å². The summed E-state index contributed by atoms with van der Waals surface area (Å²) in [6, 6.07) is 18.5. The Hall–Kier alpha value is -3.18. The van der Waals surface area contributed by atoms with Gasteiger partial charge in [0, 0.05) is 11.3 Å². The first-order valence-electron chi connectivity index (χ1n) is 9.16. The Balaban J connectivity index is 1.93. The highest BCUT2D eigenvalue weighted by molar-refractivity contribution is 6.34. The van der Waals surface area contributed by atoms with Crippen LogP contribution in [0.3, 0.4) is 0 Å². The molecule has 0 aliphatic carbocycles. The van der Waals surface area contributed by atoms with Crippen molar-refractivity contribution in [1.82, 2.24) is 4.90 Å². The summed E-state index contributed by atoms with van der Waals surface area (Å²) >= 11 is 6.15. The Labute approximate surface area is 172 Å². The molecule has 2 amide bonds. The minimum atomic E-state index is -0.719. The molecular formula is C23H18ClFN2O2. The van der Waals surface area contributed by atoms with Gasteiger partial charge in [0.25, 0.3) is 5.91 Å². The average molecular weight is 409 g/mol. The van der Waals surface area contributed by atoms with Crippen molar-refractivity contribution in [3.05, 3.63) is 99.8 Å². The maximum atomic E-state index is 14.5. The van der Waals surface area contributed by atoms with Gasteiger partial charge in [-0.3, -0.25) is 9.59 Å². The van der Waals surface area contributed by atoms with Crippen LogP contribution in [0, 0.1) is 12.7 Å². The molecule has 0 fully saturated rings. The van der Waals surface area contributed by atoms with E-state index >= 15 is 0 Å². The van der Waals surface area contributed by atoms with Gasteiger partial charge in [0.1, 0.15) is 12.4 Å². The van der Waals surface area contributed by atoms with E-state index in [-0.39, 0.29) is 23.0 Å². The molecule has 3 aromatic rings. The Kier molecular flexibility index (Phi) is 5.07. The van der Waals surface area contributed by atoms with Gasteiger partial charge in [0.15, 0.2) is 0 Å². The molecule has 6 heteroatoms. The summed E-state index contributed by atoms with van der Waals surface area (Å²) in [7, 11) is 0. The van der Waals surface area contributed by atoms with E-state index in [9.17, 15) is 14.0 Å². The fourth-order valence-corrected chi connectivity index (χ4v) is 3.90. The third kappa shape index (κ3) is 3.61. The number of nitrogens with zero attached hydrogens (tertiary/aromatic N) is 1. The fraction of sp³-hybridized carbons (Fsp3) is 0.130. The standard InChI is InChI=1S/C23H18ClFN2O2/c1-14-10-11-19-16(12-14)22(15-6-3-2-4-7-15)27(13-20(28)26-19)23(29)21-17(24)8-5-9-18(21)25/h2-12,22H,13H2,1H3,(H,26,28)/t22-/m0/s1. The number of carbonyl (C=O) groups excluding carboxylic acids is 2. The molecule has 29 heavy (non-hydrogen) atoms. The summed E-state index contributed by atoms with van der Waals surface area (Å²) in [5.41, 5.74) is 2.96. The highest BCUT2D eigenvalue weighted by atomic mass is 35.5. The molecule has 4 rings (SSSR count). The zero-order chi connectivity index (χ0) is 20.5. The number of nitrogens with one attached hydrogen (secondary N) is 1. The van der Waals surface area contributed by atoms with Crippen LogP contribution >= 0.6 is 11.6 Å². The van der Waals surface area contributed by atoms with Crippen LogP contribution in [-0.2, 0) is 4.79 Å². The van der Waals surface area contributed by atoms with Gasteiger partial charge in [-0.1, -0.05) is 65.7 Å². The number of anilines is 1. The van der Waals surface area contributed by atoms with Gasteiger partial charge < -0.3 is 10.2 Å². The molecule has 0 aromatic heterocycles. The lowest BCUT2D eigenvalue weighted by Crippen LogP contribution is -2.39. The van der Waals surface area contributed by atoms with Crippen molar-refractivity contribution in [1.29, 1.82) is 0 Å². The number of halogens is 2. The topological polar surface area (TPSA) is 49.4 Å². The molecule has 0 saturated heterocycles. The molecule has 1 N–H and O–H groups in total. The number of carbonyl (C=O) groups is 2. The van der Waals surface area contributed by atoms with Gasteiger partial charge in [-0.05, 0) is 30.7 Å². The van der Waals surface area contributed by atoms with Gasteiger partial charge >= 0.3 is 0 Å². The first-order chi connectivity index (χ1) is 14.0. The summed E-state index contributed by atoms with van der Waals surface area (Å²) in [6.45, 7) is 1.71. The predicted octanol–water partition coefficient (Wildman–Crippen LogP) is 4.97. The monoisotopic (exact) mass is 408 g/mol. The lowest BCUT2D eigenvalue weighted by Gasteiger charge is -2.31. The molecule has 1 aliphatic rings. The van der Waals surface area contributed by atoms with Crippen molar-refractivity contribution in [2.45, 2.75) is 13.0 Å². The summed E-state index contributed by atoms with van der Waals surface area (Å²) in [6.07, 6.45) is 0. The number of rotatable bonds is 2. The minimum Gasteiger partial charge on any atom is -0.324 e. The van der Waals surface area contributed by atoms with Gasteiger partial charge in [-0.2, -0.15) is 0 Å². The van der Waals surface area contributed by atoms with Crippen LogP contribution < -0.4 is 5.32 Å². The molecule has 0 radical (unpaired) electrons. The van der Waals surface area contributed by atoms with Crippen LogP contribution in [0.15, 0.2) is 66.7 Å². The quantitative estimate of drug-likeness (QED) is 0.650. The van der Waals surface area contributed by atoms with Crippen molar-refractivity contribution in [2.24, 2.45) is 0 Å². The zero-order valence-electron chi connectivity index (χ0n) is 15.7. The van der Waals surface area contributed by atoms with Crippen molar-refractivity contribution in [3.63, 3.8) is 0 Å². The molecular weight excluding hydrogens is 391 g/mol. The number of amides is 2. The van der Waals surface area contributed by atoms with Crippen molar-refractivity contribution in [3.8, 4) is 0 Å². The Morgan fingerprint density at radius 2 is 1.86 bits per heavy atom. The van der Waals surface area contributed by atoms with E-state index < -0.39 is 17.8 Å². The molecule has 3 aromatic carbocycles. The van der Waals surface area contributed by atoms with E-state index in [1.54, 1.807) is 0 Å². The lowest BCUT2D eigenvalue weighted by molar-refractivity contribution is -0.117. The van der Waals surface area contributed by atoms with Gasteiger partial charge in [-0.15, -0.1) is 0 Å². The maximum absolute atomic E-state index is 14.5. The molecule has 4 nitrogen and oxygen atoms in total. The maximum Gasteiger partial charge on any atom is 0.259 e. The molecule has 0 bridgehead atoms. The number of benzene rings is 3. The number of hydrogen-bond donors (Lipinski definition) is 1. The normalized spacial score (nSPS) is 16.0. The van der Waals surface area contributed by atoms with Crippen LogP contribution in [-0.4, -0.2) is 23.3 Å². The zero-order valence-corrected chi connectivity index (χ0v) is 16.4. The molecule has 0 unspecified atom stereocenters. The van der Waals surface area contributed by atoms with Gasteiger partial charge in [0.05, 0.1) is 16.6 Å². The van der Waals surface area contributed by atoms with Crippen molar-refractivity contribution < 1.29 is 14.0 Å². The van der Waals surface area contributed by atoms with E-state index in [2.05, 4.69) is 5.32 Å². The average Bonchev–Trinajstić information content (AvgIpc) is 2.84. The summed E-state index contributed by atoms with van der Waals surface area (Å²) in [5.74, 6) is -1.70. The first kappa shape index (κ1) is 19.2. The first-order valence-corrected chi connectivity index (χ1v) is 9.54. The second-order valence-corrected chi connectivity index (χ2v) is 7.39.